The Labute approximate surface area is 223 Å². The number of benzene rings is 2. The number of hydrogen-bond donors (Lipinski definition) is 1. The highest BCUT2D eigenvalue weighted by Crippen LogP contribution is 2.28. The second-order valence-corrected chi connectivity index (χ2v) is 12.4. The van der Waals surface area contributed by atoms with Gasteiger partial charge in [0, 0.05) is 26.7 Å². The van der Waals surface area contributed by atoms with E-state index in [1.807, 2.05) is 38.1 Å². The molecule has 0 spiro atoms. The highest BCUT2D eigenvalue weighted by molar-refractivity contribution is 7.89. The summed E-state index contributed by atoms with van der Waals surface area (Å²) >= 11 is 0. The number of ether oxygens (including phenoxy) is 1. The zero-order chi connectivity index (χ0) is 26.8. The number of nitrogens with one attached hydrogen (secondary N) is 1. The van der Waals surface area contributed by atoms with Gasteiger partial charge in [-0.2, -0.15) is 0 Å². The standard InChI is InChI=1S/C29H43N3O4S/c1-5-30-28-20-25(29(33)36-22-23(2)3)16-18-32(28)19-17-26(24-12-8-6-9-13-24)21-31(4)37(34,35)27-14-10-7-11-15-27/h6-15,23,25-26,28,30H,5,16-22H2,1-4H3/t25?,26-,28-/m0/s1. The maximum absolute atomic E-state index is 13.2. The number of hydrogen-bond acceptors (Lipinski definition) is 6. The fourth-order valence-electron chi connectivity index (χ4n) is 4.90. The van der Waals surface area contributed by atoms with Gasteiger partial charge in [-0.25, -0.2) is 12.7 Å². The average Bonchev–Trinajstić information content (AvgIpc) is 2.91. The molecule has 0 bridgehead atoms. The summed E-state index contributed by atoms with van der Waals surface area (Å²) in [6.07, 6.45) is 2.40. The van der Waals surface area contributed by atoms with Crippen LogP contribution in [0.2, 0.25) is 0 Å². The van der Waals surface area contributed by atoms with Gasteiger partial charge in [0.05, 0.1) is 23.6 Å². The van der Waals surface area contributed by atoms with E-state index in [1.54, 1.807) is 31.3 Å². The maximum Gasteiger partial charge on any atom is 0.309 e. The van der Waals surface area contributed by atoms with Crippen LogP contribution < -0.4 is 5.32 Å². The monoisotopic (exact) mass is 529 g/mol. The lowest BCUT2D eigenvalue weighted by Crippen LogP contribution is -2.52. The Balaban J connectivity index is 1.68. The molecule has 1 heterocycles. The zero-order valence-corrected chi connectivity index (χ0v) is 23.5. The molecule has 0 amide bonds. The van der Waals surface area contributed by atoms with Gasteiger partial charge < -0.3 is 10.1 Å². The second kappa shape index (κ2) is 14.0. The molecule has 0 saturated carbocycles. The summed E-state index contributed by atoms with van der Waals surface area (Å²) in [5.41, 5.74) is 1.13. The number of carbonyl (C=O) groups excluding carboxylic acids is 1. The van der Waals surface area contributed by atoms with Crippen LogP contribution in [0.25, 0.3) is 0 Å². The SMILES string of the molecule is CCN[C@@H]1CC(C(=O)OCC(C)C)CCN1CC[C@@H](CN(C)S(=O)(=O)c1ccccc1)c1ccccc1. The van der Waals surface area contributed by atoms with Crippen LogP contribution in [-0.2, 0) is 19.6 Å². The lowest BCUT2D eigenvalue weighted by Gasteiger charge is -2.40. The minimum atomic E-state index is -3.58. The van der Waals surface area contributed by atoms with E-state index in [0.717, 1.165) is 44.5 Å². The number of esters is 1. The molecular formula is C29H43N3O4S. The molecule has 3 atom stereocenters. The van der Waals surface area contributed by atoms with Gasteiger partial charge in [-0.05, 0) is 55.3 Å². The van der Waals surface area contributed by atoms with Crippen LogP contribution in [0.1, 0.15) is 51.5 Å². The van der Waals surface area contributed by atoms with Crippen LogP contribution in [-0.4, -0.2) is 69.6 Å². The number of carbonyl (C=O) groups is 1. The zero-order valence-electron chi connectivity index (χ0n) is 22.7. The maximum atomic E-state index is 13.2. The molecule has 0 aromatic heterocycles. The first-order valence-corrected chi connectivity index (χ1v) is 14.9. The van der Waals surface area contributed by atoms with Gasteiger partial charge in [-0.1, -0.05) is 69.3 Å². The van der Waals surface area contributed by atoms with Gasteiger partial charge in [0.25, 0.3) is 0 Å². The van der Waals surface area contributed by atoms with Crippen molar-refractivity contribution in [2.24, 2.45) is 11.8 Å². The van der Waals surface area contributed by atoms with Gasteiger partial charge in [0.15, 0.2) is 0 Å². The predicted octanol–water partition coefficient (Wildman–Crippen LogP) is 4.33. The number of nitrogens with zero attached hydrogens (tertiary/aromatic N) is 2. The Kier molecular flexibility index (Phi) is 11.1. The first-order chi connectivity index (χ1) is 17.7. The molecule has 1 N–H and O–H groups in total. The summed E-state index contributed by atoms with van der Waals surface area (Å²) in [7, 11) is -1.92. The van der Waals surface area contributed by atoms with Crippen molar-refractivity contribution in [1.82, 2.24) is 14.5 Å². The topological polar surface area (TPSA) is 79.0 Å². The minimum Gasteiger partial charge on any atom is -0.465 e. The van der Waals surface area contributed by atoms with Crippen LogP contribution >= 0.6 is 0 Å². The summed E-state index contributed by atoms with van der Waals surface area (Å²) in [5.74, 6) is 0.185. The summed E-state index contributed by atoms with van der Waals surface area (Å²) < 4.78 is 33.4. The average molecular weight is 530 g/mol. The number of likely N-dealkylation sites (tertiary alicyclic amines) is 1. The van der Waals surface area contributed by atoms with Gasteiger partial charge in [0.2, 0.25) is 10.0 Å². The van der Waals surface area contributed by atoms with E-state index in [4.69, 9.17) is 4.74 Å². The van der Waals surface area contributed by atoms with Crippen molar-refractivity contribution in [2.75, 3.05) is 39.8 Å². The van der Waals surface area contributed by atoms with E-state index in [9.17, 15) is 13.2 Å². The van der Waals surface area contributed by atoms with E-state index in [1.165, 1.54) is 4.31 Å². The predicted molar refractivity (Wildman–Crippen MR) is 148 cm³/mol. The molecule has 1 aliphatic rings. The molecule has 1 saturated heterocycles. The smallest absolute Gasteiger partial charge is 0.309 e. The molecule has 0 radical (unpaired) electrons. The quantitative estimate of drug-likeness (QED) is 0.389. The first-order valence-electron chi connectivity index (χ1n) is 13.4. The van der Waals surface area contributed by atoms with Gasteiger partial charge in [0.1, 0.15) is 0 Å². The summed E-state index contributed by atoms with van der Waals surface area (Å²) in [6.45, 7) is 9.45. The molecule has 0 aliphatic carbocycles. The molecule has 1 aliphatic heterocycles. The molecule has 7 nitrogen and oxygen atoms in total. The largest absolute Gasteiger partial charge is 0.465 e. The number of sulfonamides is 1. The Morgan fingerprint density at radius 1 is 1.11 bits per heavy atom. The van der Waals surface area contributed by atoms with Crippen LogP contribution in [0.15, 0.2) is 65.6 Å². The molecule has 37 heavy (non-hydrogen) atoms. The van der Waals surface area contributed by atoms with Crippen molar-refractivity contribution in [1.29, 1.82) is 0 Å². The van der Waals surface area contributed by atoms with E-state index in [0.29, 0.717) is 24.0 Å². The molecule has 1 unspecified atom stereocenters. The van der Waals surface area contributed by atoms with Crippen molar-refractivity contribution in [3.05, 3.63) is 66.2 Å². The van der Waals surface area contributed by atoms with E-state index in [2.05, 4.69) is 29.3 Å². The Bertz CT molecular complexity index is 1060. The fraction of sp³-hybridized carbons (Fsp3) is 0.552. The van der Waals surface area contributed by atoms with Crippen molar-refractivity contribution in [3.63, 3.8) is 0 Å². The van der Waals surface area contributed by atoms with Crippen LogP contribution in [0, 0.1) is 11.8 Å². The third kappa shape index (κ3) is 8.37. The fourth-order valence-corrected chi connectivity index (χ4v) is 6.14. The van der Waals surface area contributed by atoms with Gasteiger partial charge in [-0.15, -0.1) is 0 Å². The Hall–Kier alpha value is -2.26. The number of piperidine rings is 1. The Morgan fingerprint density at radius 2 is 1.76 bits per heavy atom. The summed E-state index contributed by atoms with van der Waals surface area (Å²) in [4.78, 5) is 15.3. The van der Waals surface area contributed by atoms with E-state index in [-0.39, 0.29) is 24.0 Å². The van der Waals surface area contributed by atoms with E-state index >= 15 is 0 Å². The lowest BCUT2D eigenvalue weighted by molar-refractivity contribution is -0.152. The van der Waals surface area contributed by atoms with Gasteiger partial charge in [-0.3, -0.25) is 9.69 Å². The molecule has 204 valence electrons. The molecule has 8 heteroatoms. The van der Waals surface area contributed by atoms with E-state index < -0.39 is 10.0 Å². The summed E-state index contributed by atoms with van der Waals surface area (Å²) in [6, 6.07) is 18.7. The normalized spacial score (nSPS) is 19.7. The molecule has 3 rings (SSSR count). The minimum absolute atomic E-state index is 0.0423. The van der Waals surface area contributed by atoms with Crippen LogP contribution in [0.3, 0.4) is 0 Å². The van der Waals surface area contributed by atoms with Crippen molar-refractivity contribution < 1.29 is 17.9 Å². The van der Waals surface area contributed by atoms with Crippen LogP contribution in [0.4, 0.5) is 0 Å². The second-order valence-electron chi connectivity index (χ2n) is 10.3. The van der Waals surface area contributed by atoms with Crippen molar-refractivity contribution in [2.45, 2.75) is 57.0 Å². The molecule has 2 aromatic carbocycles. The Morgan fingerprint density at radius 3 is 2.38 bits per heavy atom. The lowest BCUT2D eigenvalue weighted by atomic mass is 9.92. The van der Waals surface area contributed by atoms with Gasteiger partial charge >= 0.3 is 5.97 Å². The summed E-state index contributed by atoms with van der Waals surface area (Å²) in [5, 5.41) is 3.55. The highest BCUT2D eigenvalue weighted by Gasteiger charge is 2.33. The first kappa shape index (κ1) is 29.3. The van der Waals surface area contributed by atoms with Crippen molar-refractivity contribution >= 4 is 16.0 Å². The van der Waals surface area contributed by atoms with Crippen molar-refractivity contribution in [3.8, 4) is 0 Å². The van der Waals surface area contributed by atoms with Crippen LogP contribution in [0.5, 0.6) is 0 Å². The highest BCUT2D eigenvalue weighted by atomic mass is 32.2. The molecule has 2 aromatic rings. The molecular weight excluding hydrogens is 486 g/mol. The number of rotatable bonds is 13. The third-order valence-corrected chi connectivity index (χ3v) is 8.85. The third-order valence-electron chi connectivity index (χ3n) is 7.01. The number of likely N-dealkylation sites (N-methyl/N-ethyl adjacent to an activating group) is 1. The molecule has 1 fully saturated rings.